The van der Waals surface area contributed by atoms with Crippen LogP contribution in [0, 0.1) is 5.82 Å². The lowest BCUT2D eigenvalue weighted by Gasteiger charge is -2.36. The number of amides is 1. The first-order valence-electron chi connectivity index (χ1n) is 9.72. The number of hydrogen-bond donors (Lipinski definition) is 1. The van der Waals surface area contributed by atoms with Crippen LogP contribution in [0.3, 0.4) is 0 Å². The number of halogens is 1. The third-order valence-electron chi connectivity index (χ3n) is 4.59. The molecule has 1 aliphatic heterocycles. The van der Waals surface area contributed by atoms with Crippen molar-refractivity contribution >= 4 is 11.9 Å². The summed E-state index contributed by atoms with van der Waals surface area (Å²) in [5.41, 5.74) is 0.939. The molecule has 8 heteroatoms. The highest BCUT2D eigenvalue weighted by molar-refractivity contribution is 5.80. The molecule has 2 heterocycles. The van der Waals surface area contributed by atoms with E-state index in [4.69, 9.17) is 9.73 Å². The van der Waals surface area contributed by atoms with Gasteiger partial charge in [0.15, 0.2) is 5.96 Å². The maximum Gasteiger partial charge on any atom is 0.219 e. The zero-order valence-corrected chi connectivity index (χ0v) is 16.8. The normalized spacial score (nSPS) is 14.7. The molecule has 1 amide bonds. The minimum absolute atomic E-state index is 0.109. The lowest BCUT2D eigenvalue weighted by Crippen LogP contribution is -2.53. The van der Waals surface area contributed by atoms with E-state index in [1.54, 1.807) is 31.3 Å². The van der Waals surface area contributed by atoms with Crippen LogP contribution in [0.5, 0.6) is 11.6 Å². The number of piperazine rings is 1. The molecule has 1 fully saturated rings. The van der Waals surface area contributed by atoms with E-state index in [1.807, 2.05) is 17.9 Å². The number of carbonyl (C=O) groups excluding carboxylic acids is 1. The molecular formula is C21H26FN5O2. The zero-order valence-electron chi connectivity index (χ0n) is 16.8. The van der Waals surface area contributed by atoms with Gasteiger partial charge < -0.3 is 19.9 Å². The molecule has 154 valence electrons. The first kappa shape index (κ1) is 20.6. The van der Waals surface area contributed by atoms with Crippen LogP contribution < -0.4 is 10.1 Å². The number of pyridine rings is 1. The monoisotopic (exact) mass is 399 g/mol. The van der Waals surface area contributed by atoms with Crippen molar-refractivity contribution in [2.24, 2.45) is 4.99 Å². The van der Waals surface area contributed by atoms with Gasteiger partial charge in [0.2, 0.25) is 11.8 Å². The molecule has 1 aromatic heterocycles. The van der Waals surface area contributed by atoms with E-state index in [0.717, 1.165) is 31.2 Å². The van der Waals surface area contributed by atoms with Gasteiger partial charge in [-0.3, -0.25) is 4.79 Å². The Labute approximate surface area is 170 Å². The topological polar surface area (TPSA) is 70.1 Å². The van der Waals surface area contributed by atoms with Gasteiger partial charge in [-0.2, -0.15) is 0 Å². The van der Waals surface area contributed by atoms with Crippen molar-refractivity contribution in [1.29, 1.82) is 0 Å². The average molecular weight is 399 g/mol. The molecule has 0 aliphatic carbocycles. The van der Waals surface area contributed by atoms with Crippen molar-refractivity contribution in [3.05, 3.63) is 54.0 Å². The van der Waals surface area contributed by atoms with Crippen LogP contribution in [0.25, 0.3) is 0 Å². The number of nitrogens with zero attached hydrogens (tertiary/aromatic N) is 4. The molecule has 0 saturated carbocycles. The van der Waals surface area contributed by atoms with Gasteiger partial charge >= 0.3 is 0 Å². The van der Waals surface area contributed by atoms with Gasteiger partial charge in [0.25, 0.3) is 0 Å². The smallest absolute Gasteiger partial charge is 0.219 e. The highest BCUT2D eigenvalue weighted by Crippen LogP contribution is 2.20. The number of rotatable bonds is 5. The van der Waals surface area contributed by atoms with Gasteiger partial charge in [-0.15, -0.1) is 0 Å². The van der Waals surface area contributed by atoms with E-state index in [9.17, 15) is 9.18 Å². The molecular weight excluding hydrogens is 373 g/mol. The summed E-state index contributed by atoms with van der Waals surface area (Å²) >= 11 is 0. The summed E-state index contributed by atoms with van der Waals surface area (Å²) in [5.74, 6) is 1.39. The first-order valence-corrected chi connectivity index (χ1v) is 9.72. The highest BCUT2D eigenvalue weighted by atomic mass is 19.1. The first-order chi connectivity index (χ1) is 14.0. The standard InChI is InChI=1S/C21H26FN5O2/c1-3-23-21(27-11-9-26(10-12-27)16(2)28)25-15-17-7-8-20(24-14-17)29-19-6-4-5-18(22)13-19/h4-8,13-14H,3,9-12,15H2,1-2H3,(H,23,25). The second kappa shape index (κ2) is 9.86. The molecule has 1 N–H and O–H groups in total. The Morgan fingerprint density at radius 3 is 2.59 bits per heavy atom. The predicted octanol–water partition coefficient (Wildman–Crippen LogP) is 2.64. The molecule has 0 radical (unpaired) electrons. The number of hydrogen-bond acceptors (Lipinski definition) is 4. The number of aliphatic imine (C=N–C) groups is 1. The largest absolute Gasteiger partial charge is 0.439 e. The molecule has 3 rings (SSSR count). The third kappa shape index (κ3) is 5.91. The number of nitrogens with one attached hydrogen (secondary N) is 1. The van der Waals surface area contributed by atoms with Crippen molar-refractivity contribution in [2.75, 3.05) is 32.7 Å². The summed E-state index contributed by atoms with van der Waals surface area (Å²) in [7, 11) is 0. The van der Waals surface area contributed by atoms with Crippen molar-refractivity contribution in [2.45, 2.75) is 20.4 Å². The van der Waals surface area contributed by atoms with E-state index in [0.29, 0.717) is 31.3 Å². The van der Waals surface area contributed by atoms with Crippen LogP contribution in [0.4, 0.5) is 4.39 Å². The molecule has 2 aromatic rings. The highest BCUT2D eigenvalue weighted by Gasteiger charge is 2.20. The molecule has 0 spiro atoms. The van der Waals surface area contributed by atoms with E-state index >= 15 is 0 Å². The molecule has 0 atom stereocenters. The second-order valence-corrected chi connectivity index (χ2v) is 6.73. The van der Waals surface area contributed by atoms with Crippen molar-refractivity contribution in [3.8, 4) is 11.6 Å². The molecule has 1 aliphatic rings. The number of ether oxygens (including phenoxy) is 1. The lowest BCUT2D eigenvalue weighted by molar-refractivity contribution is -0.130. The summed E-state index contributed by atoms with van der Waals surface area (Å²) in [5, 5.41) is 3.31. The Hall–Kier alpha value is -3.16. The Kier molecular flexibility index (Phi) is 6.99. The Balaban J connectivity index is 1.60. The predicted molar refractivity (Wildman–Crippen MR) is 109 cm³/mol. The summed E-state index contributed by atoms with van der Waals surface area (Å²) in [6.07, 6.45) is 1.70. The summed E-state index contributed by atoms with van der Waals surface area (Å²) in [6.45, 7) is 7.78. The van der Waals surface area contributed by atoms with Crippen LogP contribution in [0.15, 0.2) is 47.6 Å². The number of guanidine groups is 1. The molecule has 0 unspecified atom stereocenters. The minimum Gasteiger partial charge on any atom is -0.439 e. The molecule has 1 saturated heterocycles. The van der Waals surface area contributed by atoms with Crippen LogP contribution in [-0.2, 0) is 11.3 Å². The van der Waals surface area contributed by atoms with Gasteiger partial charge in [-0.25, -0.2) is 14.4 Å². The quantitative estimate of drug-likeness (QED) is 0.618. The summed E-state index contributed by atoms with van der Waals surface area (Å²) < 4.78 is 18.8. The van der Waals surface area contributed by atoms with Gasteiger partial charge in [0, 0.05) is 58.0 Å². The SMILES string of the molecule is CCNC(=NCc1ccc(Oc2cccc(F)c2)nc1)N1CCN(C(C)=O)CC1. The molecule has 7 nitrogen and oxygen atoms in total. The Bertz CT molecular complexity index is 848. The average Bonchev–Trinajstić information content (AvgIpc) is 2.72. The van der Waals surface area contributed by atoms with Crippen LogP contribution in [0.1, 0.15) is 19.4 Å². The Morgan fingerprint density at radius 2 is 1.97 bits per heavy atom. The maximum atomic E-state index is 13.2. The van der Waals surface area contributed by atoms with Crippen molar-refractivity contribution in [1.82, 2.24) is 20.1 Å². The van der Waals surface area contributed by atoms with Gasteiger partial charge in [-0.05, 0) is 24.6 Å². The zero-order chi connectivity index (χ0) is 20.6. The van der Waals surface area contributed by atoms with Crippen LogP contribution in [0.2, 0.25) is 0 Å². The summed E-state index contributed by atoms with van der Waals surface area (Å²) in [6, 6.07) is 9.58. The van der Waals surface area contributed by atoms with E-state index in [2.05, 4.69) is 15.2 Å². The van der Waals surface area contributed by atoms with Crippen LogP contribution in [-0.4, -0.2) is 59.4 Å². The third-order valence-corrected chi connectivity index (χ3v) is 4.59. The summed E-state index contributed by atoms with van der Waals surface area (Å²) in [4.78, 5) is 24.5. The molecule has 1 aromatic carbocycles. The fraction of sp³-hybridized carbons (Fsp3) is 0.381. The van der Waals surface area contributed by atoms with Gasteiger partial charge in [0.05, 0.1) is 6.54 Å². The second-order valence-electron chi connectivity index (χ2n) is 6.73. The minimum atomic E-state index is -0.353. The van der Waals surface area contributed by atoms with Gasteiger partial charge in [-0.1, -0.05) is 12.1 Å². The van der Waals surface area contributed by atoms with E-state index in [-0.39, 0.29) is 11.7 Å². The Morgan fingerprint density at radius 1 is 1.21 bits per heavy atom. The maximum absolute atomic E-state index is 13.2. The molecule has 0 bridgehead atoms. The van der Waals surface area contributed by atoms with Crippen molar-refractivity contribution in [3.63, 3.8) is 0 Å². The lowest BCUT2D eigenvalue weighted by atomic mass is 10.3. The fourth-order valence-corrected chi connectivity index (χ4v) is 3.04. The van der Waals surface area contributed by atoms with E-state index in [1.165, 1.54) is 12.1 Å². The van der Waals surface area contributed by atoms with E-state index < -0.39 is 0 Å². The number of carbonyl (C=O) groups is 1. The fourth-order valence-electron chi connectivity index (χ4n) is 3.04. The number of aromatic nitrogens is 1. The van der Waals surface area contributed by atoms with Crippen LogP contribution >= 0.6 is 0 Å². The molecule has 29 heavy (non-hydrogen) atoms. The van der Waals surface area contributed by atoms with Gasteiger partial charge in [0.1, 0.15) is 11.6 Å². The number of benzene rings is 1. The van der Waals surface area contributed by atoms with Crippen molar-refractivity contribution < 1.29 is 13.9 Å².